The van der Waals surface area contributed by atoms with Gasteiger partial charge in [0, 0.05) is 51.7 Å². The average Bonchev–Trinajstić information content (AvgIpc) is 3.02. The highest BCUT2D eigenvalue weighted by molar-refractivity contribution is 5.80. The van der Waals surface area contributed by atoms with Crippen molar-refractivity contribution < 1.29 is 4.79 Å². The van der Waals surface area contributed by atoms with E-state index in [0.717, 1.165) is 56.9 Å². The van der Waals surface area contributed by atoms with Gasteiger partial charge in [0.1, 0.15) is 0 Å². The maximum absolute atomic E-state index is 11.8. The fourth-order valence-corrected chi connectivity index (χ4v) is 4.12. The van der Waals surface area contributed by atoms with Gasteiger partial charge in [-0.1, -0.05) is 20.8 Å². The Bertz CT molecular complexity index is 443. The number of carbonyl (C=O) groups is 1. The fraction of sp³-hybridized carbons (Fsp3) is 0.895. The first-order chi connectivity index (χ1) is 12.0. The number of hydrogen-bond donors (Lipinski definition) is 2. The Kier molecular flexibility index (Phi) is 8.00. The van der Waals surface area contributed by atoms with Gasteiger partial charge in [-0.25, -0.2) is 0 Å². The molecule has 0 aromatic rings. The van der Waals surface area contributed by atoms with E-state index < -0.39 is 0 Å². The van der Waals surface area contributed by atoms with Gasteiger partial charge in [0.05, 0.1) is 6.54 Å². The largest absolute Gasteiger partial charge is 0.357 e. The second kappa shape index (κ2) is 10.00. The SMILES string of the molecule is CCNC(=NCCN1CC(C)CC(C)C1)NC1CCN(C(=O)CC)C1. The molecular weight excluding hydrogens is 314 g/mol. The predicted molar refractivity (Wildman–Crippen MR) is 104 cm³/mol. The molecule has 0 aliphatic carbocycles. The van der Waals surface area contributed by atoms with Crippen molar-refractivity contribution in [3.05, 3.63) is 0 Å². The number of nitrogens with one attached hydrogen (secondary N) is 2. The van der Waals surface area contributed by atoms with Crippen molar-refractivity contribution in [1.82, 2.24) is 20.4 Å². The minimum atomic E-state index is 0.250. The second-order valence-electron chi connectivity index (χ2n) is 7.79. The minimum Gasteiger partial charge on any atom is -0.357 e. The summed E-state index contributed by atoms with van der Waals surface area (Å²) < 4.78 is 0. The number of aliphatic imine (C=N–C) groups is 1. The zero-order valence-electron chi connectivity index (χ0n) is 16.6. The molecule has 3 unspecified atom stereocenters. The quantitative estimate of drug-likeness (QED) is 0.563. The molecule has 3 atom stereocenters. The number of hydrogen-bond acceptors (Lipinski definition) is 3. The predicted octanol–water partition coefficient (Wildman–Crippen LogP) is 1.53. The third-order valence-corrected chi connectivity index (χ3v) is 5.16. The van der Waals surface area contributed by atoms with Gasteiger partial charge in [0.15, 0.2) is 5.96 Å². The Balaban J connectivity index is 1.79. The number of carbonyl (C=O) groups excluding carboxylic acids is 1. The topological polar surface area (TPSA) is 60.0 Å². The third kappa shape index (κ3) is 6.49. The fourth-order valence-electron chi connectivity index (χ4n) is 4.12. The number of nitrogens with zero attached hydrogens (tertiary/aromatic N) is 3. The van der Waals surface area contributed by atoms with Crippen LogP contribution in [0.25, 0.3) is 0 Å². The van der Waals surface area contributed by atoms with E-state index in [2.05, 4.69) is 36.3 Å². The molecule has 2 N–H and O–H groups in total. The van der Waals surface area contributed by atoms with E-state index in [9.17, 15) is 4.79 Å². The van der Waals surface area contributed by atoms with Crippen molar-refractivity contribution in [1.29, 1.82) is 0 Å². The normalized spacial score (nSPS) is 28.2. The third-order valence-electron chi connectivity index (χ3n) is 5.16. The number of rotatable bonds is 6. The molecule has 6 heteroatoms. The van der Waals surface area contributed by atoms with E-state index in [-0.39, 0.29) is 5.91 Å². The Morgan fingerprint density at radius 2 is 1.88 bits per heavy atom. The monoisotopic (exact) mass is 351 g/mol. The summed E-state index contributed by atoms with van der Waals surface area (Å²) in [5.74, 6) is 2.72. The van der Waals surface area contributed by atoms with Crippen LogP contribution in [0.2, 0.25) is 0 Å². The van der Waals surface area contributed by atoms with Gasteiger partial charge in [-0.2, -0.15) is 0 Å². The maximum Gasteiger partial charge on any atom is 0.222 e. The molecule has 1 amide bonds. The van der Waals surface area contributed by atoms with E-state index in [1.807, 2.05) is 11.8 Å². The zero-order valence-corrected chi connectivity index (χ0v) is 16.6. The highest BCUT2D eigenvalue weighted by Crippen LogP contribution is 2.20. The van der Waals surface area contributed by atoms with Crippen LogP contribution in [0, 0.1) is 11.8 Å². The van der Waals surface area contributed by atoms with Gasteiger partial charge in [-0.3, -0.25) is 9.79 Å². The van der Waals surface area contributed by atoms with Crippen LogP contribution in [0.5, 0.6) is 0 Å². The molecule has 0 bridgehead atoms. The molecule has 0 spiro atoms. The Morgan fingerprint density at radius 1 is 1.16 bits per heavy atom. The lowest BCUT2D eigenvalue weighted by Crippen LogP contribution is -2.45. The number of guanidine groups is 1. The van der Waals surface area contributed by atoms with Crippen LogP contribution >= 0.6 is 0 Å². The van der Waals surface area contributed by atoms with Crippen molar-refractivity contribution in [3.63, 3.8) is 0 Å². The first-order valence-electron chi connectivity index (χ1n) is 10.1. The van der Waals surface area contributed by atoms with E-state index in [4.69, 9.17) is 4.99 Å². The summed E-state index contributed by atoms with van der Waals surface area (Å²) in [6, 6.07) is 0.309. The van der Waals surface area contributed by atoms with Gasteiger partial charge in [-0.05, 0) is 31.6 Å². The van der Waals surface area contributed by atoms with Crippen molar-refractivity contribution in [2.45, 2.75) is 53.0 Å². The molecule has 25 heavy (non-hydrogen) atoms. The summed E-state index contributed by atoms with van der Waals surface area (Å²) >= 11 is 0. The molecule has 0 saturated carbocycles. The first-order valence-corrected chi connectivity index (χ1v) is 10.1. The molecule has 2 aliphatic rings. The molecule has 2 fully saturated rings. The lowest BCUT2D eigenvalue weighted by atomic mass is 9.92. The van der Waals surface area contributed by atoms with Gasteiger partial charge in [0.25, 0.3) is 0 Å². The summed E-state index contributed by atoms with van der Waals surface area (Å²) in [5.41, 5.74) is 0. The highest BCUT2D eigenvalue weighted by Gasteiger charge is 2.26. The van der Waals surface area contributed by atoms with E-state index in [1.165, 1.54) is 19.5 Å². The van der Waals surface area contributed by atoms with Crippen LogP contribution in [-0.4, -0.2) is 73.5 Å². The summed E-state index contributed by atoms with van der Waals surface area (Å²) in [4.78, 5) is 21.1. The van der Waals surface area contributed by atoms with E-state index in [0.29, 0.717) is 12.5 Å². The summed E-state index contributed by atoms with van der Waals surface area (Å²) in [5, 5.41) is 6.85. The van der Waals surface area contributed by atoms with Gasteiger partial charge in [-0.15, -0.1) is 0 Å². The molecule has 0 aromatic carbocycles. The molecule has 2 aliphatic heterocycles. The summed E-state index contributed by atoms with van der Waals surface area (Å²) in [7, 11) is 0. The van der Waals surface area contributed by atoms with Gasteiger partial charge in [0.2, 0.25) is 5.91 Å². The zero-order chi connectivity index (χ0) is 18.2. The minimum absolute atomic E-state index is 0.250. The lowest BCUT2D eigenvalue weighted by Gasteiger charge is -2.34. The van der Waals surface area contributed by atoms with Crippen LogP contribution < -0.4 is 10.6 Å². The number of amides is 1. The molecular formula is C19H37N5O. The lowest BCUT2D eigenvalue weighted by molar-refractivity contribution is -0.129. The Morgan fingerprint density at radius 3 is 2.52 bits per heavy atom. The number of piperidine rings is 1. The summed E-state index contributed by atoms with van der Waals surface area (Å²) in [6.07, 6.45) is 2.93. The number of likely N-dealkylation sites (tertiary alicyclic amines) is 2. The maximum atomic E-state index is 11.8. The van der Waals surface area contributed by atoms with Crippen LogP contribution in [0.4, 0.5) is 0 Å². The van der Waals surface area contributed by atoms with Gasteiger partial charge >= 0.3 is 0 Å². The molecule has 144 valence electrons. The Hall–Kier alpha value is -1.30. The highest BCUT2D eigenvalue weighted by atomic mass is 16.2. The molecule has 2 heterocycles. The van der Waals surface area contributed by atoms with E-state index >= 15 is 0 Å². The second-order valence-corrected chi connectivity index (χ2v) is 7.79. The van der Waals surface area contributed by atoms with Gasteiger partial charge < -0.3 is 20.4 Å². The van der Waals surface area contributed by atoms with Crippen LogP contribution in [0.3, 0.4) is 0 Å². The molecule has 0 radical (unpaired) electrons. The van der Waals surface area contributed by atoms with Crippen LogP contribution in [0.15, 0.2) is 4.99 Å². The van der Waals surface area contributed by atoms with Crippen molar-refractivity contribution >= 4 is 11.9 Å². The average molecular weight is 352 g/mol. The van der Waals surface area contributed by atoms with Crippen molar-refractivity contribution in [3.8, 4) is 0 Å². The molecule has 2 rings (SSSR count). The first kappa shape index (κ1) is 20.0. The van der Waals surface area contributed by atoms with Crippen molar-refractivity contribution in [2.75, 3.05) is 45.8 Å². The van der Waals surface area contributed by atoms with E-state index in [1.54, 1.807) is 0 Å². The molecule has 2 saturated heterocycles. The smallest absolute Gasteiger partial charge is 0.222 e. The summed E-state index contributed by atoms with van der Waals surface area (Å²) in [6.45, 7) is 15.4. The van der Waals surface area contributed by atoms with Crippen LogP contribution in [-0.2, 0) is 4.79 Å². The van der Waals surface area contributed by atoms with Crippen molar-refractivity contribution in [2.24, 2.45) is 16.8 Å². The molecule has 0 aromatic heterocycles. The molecule has 6 nitrogen and oxygen atoms in total. The Labute approximate surface area is 153 Å². The standard InChI is InChI=1S/C19H37N5O/c1-5-18(25)24-9-7-17(14-24)22-19(20-6-2)21-8-10-23-12-15(3)11-16(4)13-23/h15-17H,5-14H2,1-4H3,(H2,20,21,22). The van der Waals surface area contributed by atoms with Crippen LogP contribution in [0.1, 0.15) is 47.0 Å².